The van der Waals surface area contributed by atoms with Crippen LogP contribution >= 0.6 is 0 Å². The van der Waals surface area contributed by atoms with Gasteiger partial charge in [-0.1, -0.05) is 6.07 Å². The zero-order valence-corrected chi connectivity index (χ0v) is 15.6. The quantitative estimate of drug-likeness (QED) is 0.717. The highest BCUT2D eigenvalue weighted by atomic mass is 32.2. The maximum atomic E-state index is 12.7. The molecule has 0 spiro atoms. The number of ether oxygens (including phenoxy) is 1. The second kappa shape index (κ2) is 7.27. The second-order valence-corrected chi connectivity index (χ2v) is 7.59. The largest absolute Gasteiger partial charge is 0.495 e. The lowest BCUT2D eigenvalue weighted by molar-refractivity contribution is 0.402. The number of nitrogens with one attached hydrogen (secondary N) is 1. The van der Waals surface area contributed by atoms with Crippen LogP contribution in [-0.4, -0.2) is 30.3 Å². The molecule has 0 amide bonds. The Kier molecular flexibility index (Phi) is 5.06. The molecule has 0 aliphatic rings. The van der Waals surface area contributed by atoms with E-state index < -0.39 is 10.0 Å². The summed E-state index contributed by atoms with van der Waals surface area (Å²) in [6, 6.07) is 10.6. The monoisotopic (exact) mass is 372 g/mol. The minimum Gasteiger partial charge on any atom is -0.495 e. The average Bonchev–Trinajstić information content (AvgIpc) is 3.01. The van der Waals surface area contributed by atoms with E-state index in [0.717, 1.165) is 16.8 Å². The predicted molar refractivity (Wildman–Crippen MR) is 98.2 cm³/mol. The van der Waals surface area contributed by atoms with Crippen molar-refractivity contribution in [1.29, 1.82) is 0 Å². The van der Waals surface area contributed by atoms with Crippen molar-refractivity contribution in [2.75, 3.05) is 7.11 Å². The van der Waals surface area contributed by atoms with Crippen molar-refractivity contribution in [2.45, 2.75) is 18.4 Å². The van der Waals surface area contributed by atoms with Gasteiger partial charge in [-0.2, -0.15) is 5.10 Å². The van der Waals surface area contributed by atoms with Crippen LogP contribution in [0.4, 0.5) is 0 Å². The molecular formula is C18H20N4O3S. The van der Waals surface area contributed by atoms with E-state index in [0.29, 0.717) is 11.4 Å². The molecule has 26 heavy (non-hydrogen) atoms. The van der Waals surface area contributed by atoms with Crippen molar-refractivity contribution in [3.8, 4) is 17.0 Å². The Morgan fingerprint density at radius 1 is 1.15 bits per heavy atom. The van der Waals surface area contributed by atoms with Crippen LogP contribution in [0.1, 0.15) is 11.3 Å². The van der Waals surface area contributed by atoms with E-state index >= 15 is 0 Å². The number of hydrogen-bond acceptors (Lipinski definition) is 5. The Morgan fingerprint density at radius 3 is 2.58 bits per heavy atom. The summed E-state index contributed by atoms with van der Waals surface area (Å²) in [6.45, 7) is 1.91. The van der Waals surface area contributed by atoms with Gasteiger partial charge in [-0.3, -0.25) is 9.67 Å². The summed E-state index contributed by atoms with van der Waals surface area (Å²) in [4.78, 5) is 4.12. The highest BCUT2D eigenvalue weighted by Crippen LogP contribution is 2.25. The second-order valence-electron chi connectivity index (χ2n) is 5.86. The fourth-order valence-electron chi connectivity index (χ4n) is 2.65. The molecule has 8 heteroatoms. The van der Waals surface area contributed by atoms with Gasteiger partial charge < -0.3 is 4.74 Å². The Balaban J connectivity index is 1.82. The van der Waals surface area contributed by atoms with Crippen LogP contribution in [0.25, 0.3) is 11.3 Å². The van der Waals surface area contributed by atoms with Gasteiger partial charge in [0.2, 0.25) is 10.0 Å². The van der Waals surface area contributed by atoms with E-state index in [2.05, 4.69) is 14.8 Å². The van der Waals surface area contributed by atoms with E-state index in [9.17, 15) is 8.42 Å². The molecule has 7 nitrogen and oxygen atoms in total. The van der Waals surface area contributed by atoms with Gasteiger partial charge in [0.05, 0.1) is 25.0 Å². The first-order valence-electron chi connectivity index (χ1n) is 7.98. The first kappa shape index (κ1) is 18.1. The molecule has 0 atom stereocenters. The molecule has 136 valence electrons. The summed E-state index contributed by atoms with van der Waals surface area (Å²) in [6.07, 6.45) is 3.41. The van der Waals surface area contributed by atoms with Crippen molar-refractivity contribution in [3.63, 3.8) is 0 Å². The molecule has 0 fully saturated rings. The standard InChI is InChI=1S/C18H20N4O3S/c1-13-4-5-17(25-3)18(10-13)26(23,24)20-12-15-11-16(22(2)21-15)14-6-8-19-9-7-14/h4-11,20H,12H2,1-3H3. The number of aromatic nitrogens is 3. The molecule has 0 unspecified atom stereocenters. The number of pyridine rings is 1. The fraction of sp³-hybridized carbons (Fsp3) is 0.222. The predicted octanol–water partition coefficient (Wildman–Crippen LogP) is 2.28. The number of benzene rings is 1. The van der Waals surface area contributed by atoms with E-state index in [4.69, 9.17) is 4.74 Å². The summed E-state index contributed by atoms with van der Waals surface area (Å²) in [7, 11) is -0.462. The number of sulfonamides is 1. The molecule has 3 aromatic rings. The van der Waals surface area contributed by atoms with E-state index in [1.807, 2.05) is 32.2 Å². The highest BCUT2D eigenvalue weighted by molar-refractivity contribution is 7.89. The summed E-state index contributed by atoms with van der Waals surface area (Å²) in [5.41, 5.74) is 3.30. The van der Waals surface area contributed by atoms with Crippen LogP contribution < -0.4 is 9.46 Å². The molecular weight excluding hydrogens is 352 g/mol. The van der Waals surface area contributed by atoms with Gasteiger partial charge >= 0.3 is 0 Å². The zero-order chi connectivity index (χ0) is 18.7. The number of rotatable bonds is 6. The third-order valence-electron chi connectivity index (χ3n) is 3.96. The van der Waals surface area contributed by atoms with Crippen molar-refractivity contribution in [3.05, 3.63) is 60.0 Å². The maximum absolute atomic E-state index is 12.7. The highest BCUT2D eigenvalue weighted by Gasteiger charge is 2.20. The van der Waals surface area contributed by atoms with Crippen molar-refractivity contribution in [2.24, 2.45) is 7.05 Å². The van der Waals surface area contributed by atoms with Crippen LogP contribution in [-0.2, 0) is 23.6 Å². The van der Waals surface area contributed by atoms with Crippen LogP contribution in [0, 0.1) is 6.92 Å². The molecule has 0 bridgehead atoms. The van der Waals surface area contributed by atoms with E-state index in [1.54, 1.807) is 35.3 Å². The van der Waals surface area contributed by atoms with Crippen molar-refractivity contribution in [1.82, 2.24) is 19.5 Å². The van der Waals surface area contributed by atoms with Gasteiger partial charge in [-0.15, -0.1) is 0 Å². The number of nitrogens with zero attached hydrogens (tertiary/aromatic N) is 3. The number of hydrogen-bond donors (Lipinski definition) is 1. The molecule has 2 heterocycles. The van der Waals surface area contributed by atoms with Gasteiger partial charge in [0.15, 0.2) is 0 Å². The van der Waals surface area contributed by atoms with Crippen LogP contribution in [0.5, 0.6) is 5.75 Å². The third kappa shape index (κ3) is 3.76. The molecule has 0 saturated carbocycles. The van der Waals surface area contributed by atoms with Gasteiger partial charge in [-0.25, -0.2) is 13.1 Å². The lowest BCUT2D eigenvalue weighted by Gasteiger charge is -2.10. The minimum atomic E-state index is -3.73. The molecule has 0 radical (unpaired) electrons. The smallest absolute Gasteiger partial charge is 0.244 e. The maximum Gasteiger partial charge on any atom is 0.244 e. The number of methoxy groups -OCH3 is 1. The third-order valence-corrected chi connectivity index (χ3v) is 5.38. The van der Waals surface area contributed by atoms with Gasteiger partial charge in [0.25, 0.3) is 0 Å². The molecule has 2 aromatic heterocycles. The fourth-order valence-corrected chi connectivity index (χ4v) is 3.90. The van der Waals surface area contributed by atoms with Crippen LogP contribution in [0.15, 0.2) is 53.7 Å². The topological polar surface area (TPSA) is 86.1 Å². The van der Waals surface area contributed by atoms with E-state index in [-0.39, 0.29) is 11.4 Å². The van der Waals surface area contributed by atoms with Crippen LogP contribution in [0.2, 0.25) is 0 Å². The molecule has 1 aromatic carbocycles. The Morgan fingerprint density at radius 2 is 1.88 bits per heavy atom. The Labute approximate surface area is 152 Å². The summed E-state index contributed by atoms with van der Waals surface area (Å²) >= 11 is 0. The van der Waals surface area contributed by atoms with E-state index in [1.165, 1.54) is 7.11 Å². The molecule has 1 N–H and O–H groups in total. The number of aryl methyl sites for hydroxylation is 2. The lowest BCUT2D eigenvalue weighted by atomic mass is 10.2. The molecule has 0 saturated heterocycles. The van der Waals surface area contributed by atoms with Gasteiger partial charge in [0.1, 0.15) is 10.6 Å². The molecule has 0 aliphatic carbocycles. The van der Waals surface area contributed by atoms with Crippen LogP contribution in [0.3, 0.4) is 0 Å². The first-order chi connectivity index (χ1) is 12.4. The Hall–Kier alpha value is -2.71. The SMILES string of the molecule is COc1ccc(C)cc1S(=O)(=O)NCc1cc(-c2ccncc2)n(C)n1. The Bertz CT molecular complexity index is 1010. The normalized spacial score (nSPS) is 11.5. The minimum absolute atomic E-state index is 0.0817. The first-order valence-corrected chi connectivity index (χ1v) is 9.46. The zero-order valence-electron chi connectivity index (χ0n) is 14.8. The average molecular weight is 372 g/mol. The summed E-state index contributed by atoms with van der Waals surface area (Å²) < 4.78 is 34.8. The summed E-state index contributed by atoms with van der Waals surface area (Å²) in [5, 5.41) is 4.38. The molecule has 0 aliphatic heterocycles. The lowest BCUT2D eigenvalue weighted by Crippen LogP contribution is -2.24. The molecule has 3 rings (SSSR count). The van der Waals surface area contributed by atoms with Crippen molar-refractivity contribution >= 4 is 10.0 Å². The van der Waals surface area contributed by atoms with Gasteiger partial charge in [0, 0.05) is 25.0 Å². The van der Waals surface area contributed by atoms with Gasteiger partial charge in [-0.05, 0) is 42.8 Å². The summed E-state index contributed by atoms with van der Waals surface area (Å²) in [5.74, 6) is 0.307. The van der Waals surface area contributed by atoms with Crippen molar-refractivity contribution < 1.29 is 13.2 Å².